The molecule has 2 rings (SSSR count). The number of rotatable bonds is 8. The highest BCUT2D eigenvalue weighted by molar-refractivity contribution is 5.87. The minimum Gasteiger partial charge on any atom is -0.461 e. The summed E-state index contributed by atoms with van der Waals surface area (Å²) in [5, 5.41) is 0. The second kappa shape index (κ2) is 8.49. The maximum Gasteiger partial charge on any atom is 0.309 e. The first-order valence-corrected chi connectivity index (χ1v) is 10.9. The smallest absolute Gasteiger partial charge is 0.309 e. The minimum absolute atomic E-state index is 0.00456. The Morgan fingerprint density at radius 1 is 1.19 bits per heavy atom. The SMILES string of the molecule is C=CCCC(=O)C1CCCCC1C(=O)OC1C(CC(C)(C)C)[C@@]1(C)C(C)C. The Morgan fingerprint density at radius 2 is 1.78 bits per heavy atom. The number of esters is 1. The lowest BCUT2D eigenvalue weighted by Gasteiger charge is -2.29. The van der Waals surface area contributed by atoms with Gasteiger partial charge in [-0.05, 0) is 37.0 Å². The van der Waals surface area contributed by atoms with Gasteiger partial charge >= 0.3 is 5.97 Å². The zero-order valence-electron chi connectivity index (χ0n) is 18.3. The third kappa shape index (κ3) is 5.03. The van der Waals surface area contributed by atoms with Gasteiger partial charge in [0.1, 0.15) is 11.9 Å². The summed E-state index contributed by atoms with van der Waals surface area (Å²) in [6.07, 6.45) is 7.70. The van der Waals surface area contributed by atoms with Crippen molar-refractivity contribution in [2.75, 3.05) is 0 Å². The van der Waals surface area contributed by atoms with E-state index < -0.39 is 0 Å². The number of ketones is 1. The lowest BCUT2D eigenvalue weighted by atomic mass is 9.76. The van der Waals surface area contributed by atoms with E-state index in [0.29, 0.717) is 24.7 Å². The highest BCUT2D eigenvalue weighted by atomic mass is 16.6. The van der Waals surface area contributed by atoms with Crippen LogP contribution >= 0.6 is 0 Å². The first kappa shape index (κ1) is 22.2. The van der Waals surface area contributed by atoms with E-state index in [1.165, 1.54) is 0 Å². The number of allylic oxidation sites excluding steroid dienone is 1. The number of ether oxygens (including phenoxy) is 1. The Balaban J connectivity index is 2.07. The summed E-state index contributed by atoms with van der Waals surface area (Å²) >= 11 is 0. The first-order chi connectivity index (χ1) is 12.5. The molecule has 0 spiro atoms. The van der Waals surface area contributed by atoms with Gasteiger partial charge in [0.25, 0.3) is 0 Å². The summed E-state index contributed by atoms with van der Waals surface area (Å²) in [6, 6.07) is 0. The molecular weight excluding hydrogens is 336 g/mol. The maximum absolute atomic E-state index is 13.1. The van der Waals surface area contributed by atoms with Crippen molar-refractivity contribution in [1.29, 1.82) is 0 Å². The standard InChI is InChI=1S/C24H40O3/c1-8-9-14-20(25)17-12-10-11-13-18(17)22(26)27-21-19(15-23(4,5)6)24(21,7)16(2)3/h8,16-19,21H,1,9-15H2,2-7H3/t17?,18?,19?,21?,24-/m1/s1. The molecule has 0 aromatic heterocycles. The Morgan fingerprint density at radius 3 is 2.30 bits per heavy atom. The van der Waals surface area contributed by atoms with E-state index in [2.05, 4.69) is 48.1 Å². The molecule has 27 heavy (non-hydrogen) atoms. The minimum atomic E-state index is -0.247. The van der Waals surface area contributed by atoms with Gasteiger partial charge in [-0.3, -0.25) is 9.59 Å². The van der Waals surface area contributed by atoms with Crippen molar-refractivity contribution in [3.05, 3.63) is 12.7 Å². The number of hydrogen-bond acceptors (Lipinski definition) is 3. The number of Topliss-reactive ketones (excluding diaryl/α,β-unsaturated/α-hetero) is 1. The molecule has 3 heteroatoms. The molecule has 154 valence electrons. The molecule has 0 radical (unpaired) electrons. The van der Waals surface area contributed by atoms with Crippen LogP contribution in [0.3, 0.4) is 0 Å². The Hall–Kier alpha value is -1.12. The molecule has 0 amide bonds. The van der Waals surface area contributed by atoms with Crippen LogP contribution in [-0.2, 0) is 14.3 Å². The van der Waals surface area contributed by atoms with Crippen molar-refractivity contribution < 1.29 is 14.3 Å². The quantitative estimate of drug-likeness (QED) is 0.387. The first-order valence-electron chi connectivity index (χ1n) is 10.9. The molecule has 2 aliphatic rings. The fourth-order valence-electron chi connectivity index (χ4n) is 4.97. The van der Waals surface area contributed by atoms with Crippen molar-refractivity contribution >= 4 is 11.8 Å². The van der Waals surface area contributed by atoms with Gasteiger partial charge in [0.05, 0.1) is 5.92 Å². The van der Waals surface area contributed by atoms with Gasteiger partial charge in [0.15, 0.2) is 0 Å². The van der Waals surface area contributed by atoms with E-state index in [1.807, 2.05) is 0 Å². The highest BCUT2D eigenvalue weighted by Gasteiger charge is 2.66. The van der Waals surface area contributed by atoms with Crippen LogP contribution in [-0.4, -0.2) is 17.9 Å². The molecule has 2 fully saturated rings. The molecule has 0 saturated heterocycles. The molecule has 2 aliphatic carbocycles. The van der Waals surface area contributed by atoms with Crippen molar-refractivity contribution in [3.63, 3.8) is 0 Å². The largest absolute Gasteiger partial charge is 0.461 e. The third-order valence-electron chi connectivity index (χ3n) is 7.06. The molecule has 2 saturated carbocycles. The van der Waals surface area contributed by atoms with Crippen molar-refractivity contribution in [1.82, 2.24) is 0 Å². The van der Waals surface area contributed by atoms with Gasteiger partial charge in [-0.25, -0.2) is 0 Å². The van der Waals surface area contributed by atoms with Crippen LogP contribution in [0, 0.1) is 34.5 Å². The van der Waals surface area contributed by atoms with Gasteiger partial charge in [-0.1, -0.05) is 60.5 Å². The number of carbonyl (C=O) groups is 2. The molecular formula is C24H40O3. The average molecular weight is 377 g/mol. The summed E-state index contributed by atoms with van der Waals surface area (Å²) in [7, 11) is 0. The van der Waals surface area contributed by atoms with E-state index in [0.717, 1.165) is 32.1 Å². The van der Waals surface area contributed by atoms with E-state index in [1.54, 1.807) is 6.08 Å². The number of hydrogen-bond donors (Lipinski definition) is 0. The molecule has 0 aromatic rings. The van der Waals surface area contributed by atoms with Crippen molar-refractivity contribution in [3.8, 4) is 0 Å². The zero-order valence-corrected chi connectivity index (χ0v) is 18.3. The molecule has 3 nitrogen and oxygen atoms in total. The van der Waals surface area contributed by atoms with Crippen LogP contribution in [0.4, 0.5) is 0 Å². The monoisotopic (exact) mass is 376 g/mol. The van der Waals surface area contributed by atoms with Crippen molar-refractivity contribution in [2.45, 2.75) is 92.6 Å². The Labute approximate surface area is 166 Å². The molecule has 0 heterocycles. The van der Waals surface area contributed by atoms with E-state index in [-0.39, 0.29) is 40.5 Å². The van der Waals surface area contributed by atoms with Gasteiger partial charge in [-0.2, -0.15) is 0 Å². The van der Waals surface area contributed by atoms with Crippen LogP contribution in [0.25, 0.3) is 0 Å². The summed E-state index contributed by atoms with van der Waals surface area (Å²) in [4.78, 5) is 25.7. The van der Waals surface area contributed by atoms with Gasteiger partial charge in [0.2, 0.25) is 0 Å². The normalized spacial score (nSPS) is 33.6. The predicted molar refractivity (Wildman–Crippen MR) is 110 cm³/mol. The van der Waals surface area contributed by atoms with Gasteiger partial charge in [0, 0.05) is 23.7 Å². The fraction of sp³-hybridized carbons (Fsp3) is 0.833. The third-order valence-corrected chi connectivity index (χ3v) is 7.06. The van der Waals surface area contributed by atoms with Crippen LogP contribution in [0.5, 0.6) is 0 Å². The van der Waals surface area contributed by atoms with E-state index >= 15 is 0 Å². The highest BCUT2D eigenvalue weighted by Crippen LogP contribution is 2.63. The second-order valence-corrected chi connectivity index (χ2v) is 10.5. The van der Waals surface area contributed by atoms with Crippen LogP contribution in [0.1, 0.15) is 86.5 Å². The lowest BCUT2D eigenvalue weighted by molar-refractivity contribution is -0.157. The molecule has 0 aliphatic heterocycles. The average Bonchev–Trinajstić information content (AvgIpc) is 3.14. The predicted octanol–water partition coefficient (Wildman–Crippen LogP) is 5.97. The van der Waals surface area contributed by atoms with Crippen LogP contribution < -0.4 is 0 Å². The Kier molecular flexibility index (Phi) is 6.97. The number of carbonyl (C=O) groups excluding carboxylic acids is 2. The summed E-state index contributed by atoms with van der Waals surface area (Å²) in [5.41, 5.74) is 0.274. The zero-order chi connectivity index (χ0) is 20.4. The summed E-state index contributed by atoms with van der Waals surface area (Å²) < 4.78 is 6.11. The summed E-state index contributed by atoms with van der Waals surface area (Å²) in [5.74, 6) is 0.573. The summed E-state index contributed by atoms with van der Waals surface area (Å²) in [6.45, 7) is 17.2. The van der Waals surface area contributed by atoms with E-state index in [4.69, 9.17) is 4.74 Å². The maximum atomic E-state index is 13.1. The molecule has 0 bridgehead atoms. The van der Waals surface area contributed by atoms with E-state index in [9.17, 15) is 9.59 Å². The Bertz CT molecular complexity index is 556. The lowest BCUT2D eigenvalue weighted by Crippen LogP contribution is -2.35. The van der Waals surface area contributed by atoms with Crippen LogP contribution in [0.2, 0.25) is 0 Å². The molecule has 5 atom stereocenters. The molecule has 0 N–H and O–H groups in total. The molecule has 0 aromatic carbocycles. The van der Waals surface area contributed by atoms with Gasteiger partial charge < -0.3 is 4.74 Å². The topological polar surface area (TPSA) is 43.4 Å². The van der Waals surface area contributed by atoms with Crippen molar-refractivity contribution in [2.24, 2.45) is 34.5 Å². The van der Waals surface area contributed by atoms with Crippen LogP contribution in [0.15, 0.2) is 12.7 Å². The fourth-order valence-corrected chi connectivity index (χ4v) is 4.97. The second-order valence-electron chi connectivity index (χ2n) is 10.5. The van der Waals surface area contributed by atoms with Gasteiger partial charge in [-0.15, -0.1) is 6.58 Å². The molecule has 4 unspecified atom stereocenters.